The molecule has 0 atom stereocenters. The molecule has 208 valence electrons. The van der Waals surface area contributed by atoms with E-state index in [0.29, 0.717) is 0 Å². The average molecular weight is 561 g/mol. The van der Waals surface area contributed by atoms with E-state index < -0.39 is 0 Å². The highest BCUT2D eigenvalue weighted by molar-refractivity contribution is 6.35. The molecule has 0 spiro atoms. The largest absolute Gasteiger partial charge is 0.0616 e. The van der Waals surface area contributed by atoms with Crippen LogP contribution in [0.15, 0.2) is 140 Å². The number of hydrogen-bond donors (Lipinski definition) is 0. The molecular formula is C44H32. The van der Waals surface area contributed by atoms with Gasteiger partial charge in [-0.3, -0.25) is 0 Å². The topological polar surface area (TPSA) is 0 Å². The van der Waals surface area contributed by atoms with E-state index in [9.17, 15) is 0 Å². The summed E-state index contributed by atoms with van der Waals surface area (Å²) in [4.78, 5) is 0. The van der Waals surface area contributed by atoms with Gasteiger partial charge >= 0.3 is 0 Å². The first-order chi connectivity index (χ1) is 21.4. The third kappa shape index (κ3) is 3.77. The summed E-state index contributed by atoms with van der Waals surface area (Å²) in [6.45, 7) is 6.82. The van der Waals surface area contributed by atoms with Crippen molar-refractivity contribution in [1.29, 1.82) is 0 Å². The molecule has 9 rings (SSSR count). The van der Waals surface area contributed by atoms with Crippen molar-refractivity contribution in [1.82, 2.24) is 0 Å². The lowest BCUT2D eigenvalue weighted by atomic mass is 9.85. The van der Waals surface area contributed by atoms with Crippen LogP contribution in [0.2, 0.25) is 0 Å². The van der Waals surface area contributed by atoms with Gasteiger partial charge in [0.15, 0.2) is 0 Å². The zero-order valence-electron chi connectivity index (χ0n) is 25.3. The summed E-state index contributed by atoms with van der Waals surface area (Å²) in [5.41, 5.74) is 6.57. The first-order valence-corrected chi connectivity index (χ1v) is 15.6. The van der Waals surface area contributed by atoms with Crippen LogP contribution >= 0.6 is 0 Å². The van der Waals surface area contributed by atoms with Crippen LogP contribution in [0, 0.1) is 0 Å². The zero-order valence-corrected chi connectivity index (χ0v) is 25.3. The Bertz CT molecular complexity index is 2570. The molecule has 0 aliphatic rings. The summed E-state index contributed by atoms with van der Waals surface area (Å²) in [6, 6.07) is 52.4. The van der Waals surface area contributed by atoms with Crippen molar-refractivity contribution in [2.45, 2.75) is 26.2 Å². The Labute approximate surface area is 257 Å². The molecule has 0 radical (unpaired) electrons. The average Bonchev–Trinajstić information content (AvgIpc) is 3.06. The quantitative estimate of drug-likeness (QED) is 0.146. The first-order valence-electron chi connectivity index (χ1n) is 15.6. The number of benzene rings is 9. The van der Waals surface area contributed by atoms with Crippen molar-refractivity contribution in [2.75, 3.05) is 0 Å². The molecule has 0 aromatic heterocycles. The number of rotatable bonds is 2. The fourth-order valence-electron chi connectivity index (χ4n) is 7.36. The fraction of sp³-hybridized carbons (Fsp3) is 0.0909. The van der Waals surface area contributed by atoms with Crippen LogP contribution in [0.5, 0.6) is 0 Å². The highest BCUT2D eigenvalue weighted by atomic mass is 14.2. The Morgan fingerprint density at radius 3 is 1.55 bits per heavy atom. The minimum Gasteiger partial charge on any atom is -0.0616 e. The Morgan fingerprint density at radius 1 is 0.341 bits per heavy atom. The molecule has 9 aromatic rings. The van der Waals surface area contributed by atoms with Crippen LogP contribution in [0.3, 0.4) is 0 Å². The smallest absolute Gasteiger partial charge is 0.00141 e. The minimum atomic E-state index is 0.149. The normalized spacial score (nSPS) is 12.4. The van der Waals surface area contributed by atoms with Crippen LogP contribution in [-0.2, 0) is 5.41 Å². The Morgan fingerprint density at radius 2 is 0.864 bits per heavy atom. The summed E-state index contributed by atoms with van der Waals surface area (Å²) in [5.74, 6) is 0. The second kappa shape index (κ2) is 9.15. The highest BCUT2D eigenvalue weighted by Gasteiger charge is 2.16. The molecule has 0 amide bonds. The fourth-order valence-corrected chi connectivity index (χ4v) is 7.36. The SMILES string of the molecule is CC(C)(C)c1ccc2cc(-c3ccc4cc(-c5ccc6c7ccccc7c7cccc8ccc5c6c87)ccc4c3)ccc2c1. The van der Waals surface area contributed by atoms with E-state index in [4.69, 9.17) is 0 Å². The van der Waals surface area contributed by atoms with E-state index in [-0.39, 0.29) is 5.41 Å². The maximum atomic E-state index is 2.36. The first kappa shape index (κ1) is 25.3. The lowest BCUT2D eigenvalue weighted by molar-refractivity contribution is 0.591. The molecule has 0 unspecified atom stereocenters. The summed E-state index contributed by atoms with van der Waals surface area (Å²) >= 11 is 0. The van der Waals surface area contributed by atoms with Gasteiger partial charge in [0.05, 0.1) is 0 Å². The monoisotopic (exact) mass is 560 g/mol. The molecule has 9 aromatic carbocycles. The standard InChI is InChI=1S/C44H32/c1-44(2,3)35-19-17-32-24-29(13-14-33(32)26-35)28-11-12-31-25-34(16-15-30(31)23-28)36-21-22-41-38-9-5-4-8-37(38)39-10-6-7-27-18-20-40(36)43(41)42(27)39/h4-26H,1-3H3. The van der Waals surface area contributed by atoms with Crippen molar-refractivity contribution in [3.63, 3.8) is 0 Å². The van der Waals surface area contributed by atoms with Crippen molar-refractivity contribution in [2.24, 2.45) is 0 Å². The maximum Gasteiger partial charge on any atom is -0.00141 e. The van der Waals surface area contributed by atoms with Crippen molar-refractivity contribution < 1.29 is 0 Å². The van der Waals surface area contributed by atoms with E-state index in [1.807, 2.05) is 0 Å². The summed E-state index contributed by atoms with van der Waals surface area (Å²) in [7, 11) is 0. The predicted molar refractivity (Wildman–Crippen MR) is 192 cm³/mol. The number of fused-ring (bicyclic) bond motifs is 5. The Kier molecular flexibility index (Phi) is 5.26. The van der Waals surface area contributed by atoms with Crippen LogP contribution in [-0.4, -0.2) is 0 Å². The van der Waals surface area contributed by atoms with Gasteiger partial charge in [-0.2, -0.15) is 0 Å². The van der Waals surface area contributed by atoms with E-state index in [1.54, 1.807) is 0 Å². The van der Waals surface area contributed by atoms with Gasteiger partial charge in [-0.1, -0.05) is 142 Å². The molecule has 44 heavy (non-hydrogen) atoms. The molecule has 0 N–H and O–H groups in total. The molecule has 0 heteroatoms. The molecule has 0 bridgehead atoms. The molecule has 0 aliphatic carbocycles. The maximum absolute atomic E-state index is 2.36. The van der Waals surface area contributed by atoms with Crippen molar-refractivity contribution in [3.8, 4) is 22.3 Å². The summed E-state index contributed by atoms with van der Waals surface area (Å²) in [6.07, 6.45) is 0. The zero-order chi connectivity index (χ0) is 29.6. The van der Waals surface area contributed by atoms with Crippen LogP contribution < -0.4 is 0 Å². The summed E-state index contributed by atoms with van der Waals surface area (Å²) in [5, 5.41) is 15.8. The van der Waals surface area contributed by atoms with Crippen LogP contribution in [0.1, 0.15) is 26.3 Å². The third-order valence-electron chi connectivity index (χ3n) is 9.72. The molecule has 0 saturated heterocycles. The van der Waals surface area contributed by atoms with E-state index in [2.05, 4.69) is 160 Å². The van der Waals surface area contributed by atoms with Crippen molar-refractivity contribution in [3.05, 3.63) is 145 Å². The lowest BCUT2D eigenvalue weighted by Crippen LogP contribution is -2.10. The lowest BCUT2D eigenvalue weighted by Gasteiger charge is -2.19. The van der Waals surface area contributed by atoms with Gasteiger partial charge in [0.25, 0.3) is 0 Å². The molecule has 0 aliphatic heterocycles. The highest BCUT2D eigenvalue weighted by Crippen LogP contribution is 2.44. The molecule has 0 fully saturated rings. The van der Waals surface area contributed by atoms with Gasteiger partial charge < -0.3 is 0 Å². The van der Waals surface area contributed by atoms with Crippen LogP contribution in [0.25, 0.3) is 86.9 Å². The molecule has 0 saturated carbocycles. The molecular weight excluding hydrogens is 528 g/mol. The van der Waals surface area contributed by atoms with Gasteiger partial charge in [0.2, 0.25) is 0 Å². The van der Waals surface area contributed by atoms with Gasteiger partial charge in [-0.15, -0.1) is 0 Å². The number of hydrogen-bond acceptors (Lipinski definition) is 0. The predicted octanol–water partition coefficient (Wildman–Crippen LogP) is 12.7. The Hall–Kier alpha value is -5.20. The second-order valence-corrected chi connectivity index (χ2v) is 13.4. The Balaban J connectivity index is 1.16. The molecule has 0 heterocycles. The van der Waals surface area contributed by atoms with E-state index >= 15 is 0 Å². The molecule has 0 nitrogen and oxygen atoms in total. The van der Waals surface area contributed by atoms with Gasteiger partial charge in [0, 0.05) is 0 Å². The van der Waals surface area contributed by atoms with Gasteiger partial charge in [-0.05, 0) is 116 Å². The minimum absolute atomic E-state index is 0.149. The van der Waals surface area contributed by atoms with Crippen LogP contribution in [0.4, 0.5) is 0 Å². The third-order valence-corrected chi connectivity index (χ3v) is 9.72. The summed E-state index contributed by atoms with van der Waals surface area (Å²) < 4.78 is 0. The van der Waals surface area contributed by atoms with Gasteiger partial charge in [0.1, 0.15) is 0 Å². The van der Waals surface area contributed by atoms with E-state index in [0.717, 1.165) is 0 Å². The second-order valence-electron chi connectivity index (χ2n) is 13.4. The van der Waals surface area contributed by atoms with Gasteiger partial charge in [-0.25, -0.2) is 0 Å². The van der Waals surface area contributed by atoms with E-state index in [1.165, 1.54) is 92.5 Å². The van der Waals surface area contributed by atoms with Crippen molar-refractivity contribution >= 4 is 64.6 Å².